The van der Waals surface area contributed by atoms with Crippen molar-refractivity contribution in [2.75, 3.05) is 0 Å². The number of hydrogen-bond donors (Lipinski definition) is 2. The highest BCUT2D eigenvalue weighted by atomic mass is 35.5. The number of nitrogens with zero attached hydrogens (tertiary/aromatic N) is 1. The van der Waals surface area contributed by atoms with E-state index in [0.29, 0.717) is 33.2 Å². The molecule has 0 radical (unpaired) electrons. The number of aromatic amines is 1. The standard InChI is InChI=1S/C18H15Cl2N3O2S2/c19-12-4-3-11(15(20)6-12)10-27-18-22-13(8-17(25)23-18)7-16(24)21-9-14-2-1-5-26-14/h1-6,8H,7,9-10H2,(H,21,24)(H,22,23,25). The number of rotatable bonds is 7. The fourth-order valence-electron chi connectivity index (χ4n) is 2.25. The SMILES string of the molecule is O=C(Cc1cc(=O)[nH]c(SCc2ccc(Cl)cc2Cl)n1)NCc1cccs1. The summed E-state index contributed by atoms with van der Waals surface area (Å²) < 4.78 is 0. The zero-order valence-electron chi connectivity index (χ0n) is 14.0. The van der Waals surface area contributed by atoms with E-state index in [1.807, 2.05) is 23.6 Å². The Kier molecular flexibility index (Phi) is 6.95. The number of nitrogens with one attached hydrogen (secondary N) is 2. The first-order valence-corrected chi connectivity index (χ1v) is 10.6. The molecule has 0 aliphatic carbocycles. The van der Waals surface area contributed by atoms with Gasteiger partial charge in [0.05, 0.1) is 18.7 Å². The number of carbonyl (C=O) groups is 1. The van der Waals surface area contributed by atoms with Crippen LogP contribution in [-0.2, 0) is 23.5 Å². The van der Waals surface area contributed by atoms with Gasteiger partial charge in [-0.1, -0.05) is 47.1 Å². The van der Waals surface area contributed by atoms with Gasteiger partial charge in [-0.2, -0.15) is 0 Å². The predicted octanol–water partition coefficient (Wildman–Crippen LogP) is 4.29. The lowest BCUT2D eigenvalue weighted by Crippen LogP contribution is -2.25. The smallest absolute Gasteiger partial charge is 0.251 e. The van der Waals surface area contributed by atoms with Gasteiger partial charge in [-0.25, -0.2) is 4.98 Å². The van der Waals surface area contributed by atoms with E-state index in [2.05, 4.69) is 15.3 Å². The van der Waals surface area contributed by atoms with E-state index in [1.54, 1.807) is 23.5 Å². The minimum atomic E-state index is -0.296. The van der Waals surface area contributed by atoms with Crippen molar-refractivity contribution >= 4 is 52.2 Å². The van der Waals surface area contributed by atoms with Gasteiger partial charge in [0.15, 0.2) is 5.16 Å². The van der Waals surface area contributed by atoms with Crippen LogP contribution in [0, 0.1) is 0 Å². The van der Waals surface area contributed by atoms with Gasteiger partial charge in [-0.15, -0.1) is 11.3 Å². The van der Waals surface area contributed by atoms with Gasteiger partial charge in [0.1, 0.15) is 0 Å². The fourth-order valence-corrected chi connectivity index (χ4v) is 4.35. The predicted molar refractivity (Wildman–Crippen MR) is 111 cm³/mol. The molecule has 0 atom stereocenters. The molecule has 0 aliphatic rings. The minimum Gasteiger partial charge on any atom is -0.351 e. The molecule has 2 N–H and O–H groups in total. The number of amides is 1. The van der Waals surface area contributed by atoms with Crippen LogP contribution in [0.3, 0.4) is 0 Å². The van der Waals surface area contributed by atoms with E-state index in [0.717, 1.165) is 10.4 Å². The summed E-state index contributed by atoms with van der Waals surface area (Å²) in [5, 5.41) is 6.34. The number of hydrogen-bond acceptors (Lipinski definition) is 5. The third-order valence-electron chi connectivity index (χ3n) is 3.53. The Balaban J connectivity index is 1.61. The number of aromatic nitrogens is 2. The van der Waals surface area contributed by atoms with Crippen molar-refractivity contribution in [2.45, 2.75) is 23.9 Å². The van der Waals surface area contributed by atoms with Crippen LogP contribution in [0.25, 0.3) is 0 Å². The molecule has 27 heavy (non-hydrogen) atoms. The first-order chi connectivity index (χ1) is 13.0. The Morgan fingerprint density at radius 2 is 2.11 bits per heavy atom. The van der Waals surface area contributed by atoms with Gasteiger partial charge in [0, 0.05) is 26.7 Å². The van der Waals surface area contributed by atoms with Crippen LogP contribution >= 0.6 is 46.3 Å². The highest BCUT2D eigenvalue weighted by Gasteiger charge is 2.09. The van der Waals surface area contributed by atoms with Crippen LogP contribution in [0.2, 0.25) is 10.0 Å². The third kappa shape index (κ3) is 6.10. The molecule has 9 heteroatoms. The Bertz CT molecular complexity index is 991. The number of thiophene rings is 1. The summed E-state index contributed by atoms with van der Waals surface area (Å²) in [5.74, 6) is 0.339. The fraction of sp³-hybridized carbons (Fsp3) is 0.167. The maximum atomic E-state index is 12.1. The molecule has 1 amide bonds. The van der Waals surface area contributed by atoms with Gasteiger partial charge in [0.25, 0.3) is 5.56 Å². The quantitative estimate of drug-likeness (QED) is 0.425. The highest BCUT2D eigenvalue weighted by molar-refractivity contribution is 7.98. The Morgan fingerprint density at radius 3 is 2.85 bits per heavy atom. The molecule has 0 bridgehead atoms. The third-order valence-corrected chi connectivity index (χ3v) is 5.92. The Labute approximate surface area is 174 Å². The average Bonchev–Trinajstić information content (AvgIpc) is 3.12. The second-order valence-electron chi connectivity index (χ2n) is 5.60. The Hall–Kier alpha value is -1.80. The van der Waals surface area contributed by atoms with Crippen molar-refractivity contribution < 1.29 is 4.79 Å². The lowest BCUT2D eigenvalue weighted by atomic mass is 10.2. The molecule has 140 valence electrons. The number of halogens is 2. The van der Waals surface area contributed by atoms with Crippen LogP contribution in [0.15, 0.2) is 51.7 Å². The molecule has 3 rings (SSSR count). The van der Waals surface area contributed by atoms with E-state index in [1.165, 1.54) is 17.8 Å². The topological polar surface area (TPSA) is 74.8 Å². The van der Waals surface area contributed by atoms with Crippen LogP contribution in [0.1, 0.15) is 16.1 Å². The summed E-state index contributed by atoms with van der Waals surface area (Å²) in [6.07, 6.45) is 0.0462. The molecule has 0 saturated heterocycles. The van der Waals surface area contributed by atoms with Crippen molar-refractivity contribution in [3.05, 3.63) is 78.3 Å². The molecular weight excluding hydrogens is 425 g/mol. The minimum absolute atomic E-state index is 0.0462. The monoisotopic (exact) mass is 439 g/mol. The van der Waals surface area contributed by atoms with E-state index in [-0.39, 0.29) is 17.9 Å². The molecule has 2 heterocycles. The number of benzene rings is 1. The largest absolute Gasteiger partial charge is 0.351 e. The molecule has 5 nitrogen and oxygen atoms in total. The normalized spacial score (nSPS) is 10.7. The number of H-pyrrole nitrogens is 1. The van der Waals surface area contributed by atoms with Crippen LogP contribution in [0.4, 0.5) is 0 Å². The van der Waals surface area contributed by atoms with E-state index >= 15 is 0 Å². The van der Waals surface area contributed by atoms with Gasteiger partial charge < -0.3 is 10.3 Å². The first-order valence-electron chi connectivity index (χ1n) is 7.95. The maximum Gasteiger partial charge on any atom is 0.251 e. The van der Waals surface area contributed by atoms with Crippen molar-refractivity contribution in [3.63, 3.8) is 0 Å². The zero-order valence-corrected chi connectivity index (χ0v) is 17.1. The number of carbonyl (C=O) groups excluding carboxylic acids is 1. The summed E-state index contributed by atoms with van der Waals surface area (Å²) in [7, 11) is 0. The highest BCUT2D eigenvalue weighted by Crippen LogP contribution is 2.26. The zero-order chi connectivity index (χ0) is 19.2. The van der Waals surface area contributed by atoms with Crippen LogP contribution < -0.4 is 10.9 Å². The van der Waals surface area contributed by atoms with Gasteiger partial charge >= 0.3 is 0 Å². The molecule has 0 aliphatic heterocycles. The summed E-state index contributed by atoms with van der Waals surface area (Å²) in [6, 6.07) is 10.5. The number of thioether (sulfide) groups is 1. The molecule has 1 aromatic carbocycles. The van der Waals surface area contributed by atoms with Crippen molar-refractivity contribution in [2.24, 2.45) is 0 Å². The summed E-state index contributed by atoms with van der Waals surface area (Å²) in [5.41, 5.74) is 1.01. The summed E-state index contributed by atoms with van der Waals surface area (Å²) >= 11 is 15.0. The molecule has 0 unspecified atom stereocenters. The van der Waals surface area contributed by atoms with Crippen molar-refractivity contribution in [1.29, 1.82) is 0 Å². The second kappa shape index (κ2) is 9.41. The van der Waals surface area contributed by atoms with Gasteiger partial charge in [-0.05, 0) is 29.1 Å². The van der Waals surface area contributed by atoms with E-state index in [4.69, 9.17) is 23.2 Å². The molecule has 2 aromatic heterocycles. The molecule has 0 fully saturated rings. The van der Waals surface area contributed by atoms with E-state index in [9.17, 15) is 9.59 Å². The Morgan fingerprint density at radius 1 is 1.26 bits per heavy atom. The molecular formula is C18H15Cl2N3O2S2. The molecule has 0 saturated carbocycles. The summed E-state index contributed by atoms with van der Waals surface area (Å²) in [6.45, 7) is 0.469. The molecule has 0 spiro atoms. The lowest BCUT2D eigenvalue weighted by molar-refractivity contribution is -0.120. The van der Waals surface area contributed by atoms with Gasteiger partial charge in [0.2, 0.25) is 5.91 Å². The van der Waals surface area contributed by atoms with Crippen molar-refractivity contribution in [3.8, 4) is 0 Å². The van der Waals surface area contributed by atoms with E-state index < -0.39 is 0 Å². The van der Waals surface area contributed by atoms with Gasteiger partial charge in [-0.3, -0.25) is 9.59 Å². The van der Waals surface area contributed by atoms with Crippen molar-refractivity contribution in [1.82, 2.24) is 15.3 Å². The second-order valence-corrected chi connectivity index (χ2v) is 8.44. The lowest BCUT2D eigenvalue weighted by Gasteiger charge is -2.07. The average molecular weight is 440 g/mol. The first kappa shape index (κ1) is 19.9. The summed E-state index contributed by atoms with van der Waals surface area (Å²) in [4.78, 5) is 32.1. The maximum absolute atomic E-state index is 12.1. The molecule has 3 aromatic rings. The van der Waals surface area contributed by atoms with Crippen LogP contribution in [0.5, 0.6) is 0 Å². The van der Waals surface area contributed by atoms with Crippen LogP contribution in [-0.4, -0.2) is 15.9 Å².